The predicted molar refractivity (Wildman–Crippen MR) is 140 cm³/mol. The minimum Gasteiger partial charge on any atom is -0.508 e. The maximum Gasteiger partial charge on any atom is 0.251 e. The van der Waals surface area contributed by atoms with Crippen LogP contribution >= 0.6 is 0 Å². The van der Waals surface area contributed by atoms with Crippen molar-refractivity contribution < 1.29 is 14.6 Å². The molecule has 1 aromatic heterocycles. The van der Waals surface area contributed by atoms with Gasteiger partial charge in [0, 0.05) is 23.5 Å². The van der Waals surface area contributed by atoms with E-state index in [1.165, 1.54) is 0 Å². The van der Waals surface area contributed by atoms with Crippen molar-refractivity contribution in [3.8, 4) is 28.4 Å². The number of amides is 1. The summed E-state index contributed by atoms with van der Waals surface area (Å²) in [5.41, 5.74) is 11.4. The number of aryl methyl sites for hydroxylation is 1. The first-order chi connectivity index (χ1) is 17.0. The van der Waals surface area contributed by atoms with Crippen LogP contribution in [0, 0.1) is 6.92 Å². The molecule has 0 saturated carbocycles. The van der Waals surface area contributed by atoms with Gasteiger partial charge in [-0.2, -0.15) is 0 Å². The molecule has 0 bridgehead atoms. The van der Waals surface area contributed by atoms with Gasteiger partial charge in [-0.15, -0.1) is 0 Å². The van der Waals surface area contributed by atoms with Crippen LogP contribution in [0.25, 0.3) is 11.1 Å². The van der Waals surface area contributed by atoms with Gasteiger partial charge in [0.15, 0.2) is 0 Å². The zero-order valence-corrected chi connectivity index (χ0v) is 20.3. The first kappa shape index (κ1) is 24.1. The number of aromatic nitrogens is 1. The van der Waals surface area contributed by atoms with Gasteiger partial charge >= 0.3 is 0 Å². The van der Waals surface area contributed by atoms with Crippen molar-refractivity contribution in [2.75, 3.05) is 0 Å². The molecule has 0 fully saturated rings. The van der Waals surface area contributed by atoms with Crippen molar-refractivity contribution in [3.63, 3.8) is 0 Å². The van der Waals surface area contributed by atoms with E-state index < -0.39 is 5.91 Å². The molecule has 1 amide bonds. The Balaban J connectivity index is 1.76. The van der Waals surface area contributed by atoms with Gasteiger partial charge in [0.05, 0.1) is 5.56 Å². The van der Waals surface area contributed by atoms with Crippen LogP contribution < -0.4 is 10.5 Å². The summed E-state index contributed by atoms with van der Waals surface area (Å²) in [4.78, 5) is 12.7. The lowest BCUT2D eigenvalue weighted by molar-refractivity contribution is 0.1000. The summed E-state index contributed by atoms with van der Waals surface area (Å²) in [6.45, 7) is 4.86. The Kier molecular flexibility index (Phi) is 7.56. The molecule has 0 aliphatic rings. The maximum atomic E-state index is 12.7. The molecule has 35 heavy (non-hydrogen) atoms. The monoisotopic (exact) mass is 468 g/mol. The van der Waals surface area contributed by atoms with Crippen LogP contribution in [0.2, 0.25) is 0 Å². The summed E-state index contributed by atoms with van der Waals surface area (Å²) < 4.78 is 8.31. The number of nitrogens with zero attached hydrogens (tertiary/aromatic N) is 1. The van der Waals surface area contributed by atoms with Gasteiger partial charge in [-0.1, -0.05) is 55.8 Å². The van der Waals surface area contributed by atoms with Crippen LogP contribution in [-0.2, 0) is 19.4 Å². The Morgan fingerprint density at radius 2 is 1.66 bits per heavy atom. The molecule has 5 heteroatoms. The highest BCUT2D eigenvalue weighted by atomic mass is 16.5. The third kappa shape index (κ3) is 5.57. The number of phenolic OH excluding ortho intramolecular Hbond substituents is 1. The summed E-state index contributed by atoms with van der Waals surface area (Å²) in [6.07, 6.45) is 3.68. The van der Waals surface area contributed by atoms with Gasteiger partial charge in [0.2, 0.25) is 0 Å². The van der Waals surface area contributed by atoms with E-state index in [-0.39, 0.29) is 5.75 Å². The fourth-order valence-corrected chi connectivity index (χ4v) is 4.56. The number of rotatable bonds is 10. The van der Waals surface area contributed by atoms with Crippen molar-refractivity contribution in [2.45, 2.75) is 46.1 Å². The number of benzene rings is 3. The van der Waals surface area contributed by atoms with E-state index in [9.17, 15) is 9.90 Å². The van der Waals surface area contributed by atoms with Crippen LogP contribution in [0.15, 0.2) is 78.9 Å². The molecule has 4 rings (SSSR count). The normalized spacial score (nSPS) is 10.9. The lowest BCUT2D eigenvalue weighted by Gasteiger charge is -2.14. The molecule has 5 nitrogen and oxygen atoms in total. The molecule has 0 unspecified atom stereocenters. The molecule has 180 valence electrons. The number of phenols is 1. The summed E-state index contributed by atoms with van der Waals surface area (Å²) in [6, 6.07) is 24.8. The van der Waals surface area contributed by atoms with Crippen molar-refractivity contribution in [2.24, 2.45) is 5.73 Å². The molecule has 0 saturated heterocycles. The molecule has 1 heterocycles. The number of carbonyl (C=O) groups is 1. The van der Waals surface area contributed by atoms with Crippen molar-refractivity contribution >= 4 is 5.91 Å². The zero-order chi connectivity index (χ0) is 24.8. The van der Waals surface area contributed by atoms with Crippen molar-refractivity contribution in [1.82, 2.24) is 4.57 Å². The van der Waals surface area contributed by atoms with Gasteiger partial charge in [-0.25, -0.2) is 0 Å². The number of hydrogen-bond acceptors (Lipinski definition) is 3. The predicted octanol–water partition coefficient (Wildman–Crippen LogP) is 6.65. The summed E-state index contributed by atoms with van der Waals surface area (Å²) in [7, 11) is 0. The van der Waals surface area contributed by atoms with Gasteiger partial charge in [0.1, 0.15) is 17.2 Å². The smallest absolute Gasteiger partial charge is 0.251 e. The molecule has 0 radical (unpaired) electrons. The third-order valence-corrected chi connectivity index (χ3v) is 6.31. The number of hydrogen-bond donors (Lipinski definition) is 2. The van der Waals surface area contributed by atoms with Crippen molar-refractivity contribution in [1.29, 1.82) is 0 Å². The quantitative estimate of drug-likeness (QED) is 0.274. The van der Waals surface area contributed by atoms with E-state index in [1.54, 1.807) is 12.1 Å². The average molecular weight is 469 g/mol. The summed E-state index contributed by atoms with van der Waals surface area (Å²) in [5.74, 6) is 1.30. The Bertz CT molecular complexity index is 1290. The van der Waals surface area contributed by atoms with Crippen molar-refractivity contribution in [3.05, 3.63) is 101 Å². The molecule has 3 aromatic carbocycles. The van der Waals surface area contributed by atoms with E-state index in [0.717, 1.165) is 66.1 Å². The van der Waals surface area contributed by atoms with Gasteiger partial charge in [-0.05, 0) is 73.7 Å². The van der Waals surface area contributed by atoms with Crippen LogP contribution in [0.5, 0.6) is 17.2 Å². The zero-order valence-electron chi connectivity index (χ0n) is 20.3. The van der Waals surface area contributed by atoms with E-state index in [1.807, 2.05) is 73.7 Å². The Hall–Kier alpha value is -3.99. The Morgan fingerprint density at radius 1 is 0.943 bits per heavy atom. The van der Waals surface area contributed by atoms with Gasteiger partial charge in [-0.3, -0.25) is 4.79 Å². The fraction of sp³-hybridized carbons (Fsp3) is 0.233. The largest absolute Gasteiger partial charge is 0.508 e. The van der Waals surface area contributed by atoms with E-state index >= 15 is 0 Å². The second kappa shape index (κ2) is 11.0. The lowest BCUT2D eigenvalue weighted by atomic mass is 9.97. The summed E-state index contributed by atoms with van der Waals surface area (Å²) >= 11 is 0. The number of nitrogens with two attached hydrogens (primary N) is 1. The topological polar surface area (TPSA) is 77.5 Å². The highest BCUT2D eigenvalue weighted by molar-refractivity contribution is 6.02. The second-order valence-electron chi connectivity index (χ2n) is 8.76. The Labute approximate surface area is 206 Å². The number of primary amides is 1. The maximum absolute atomic E-state index is 12.7. The molecule has 0 spiro atoms. The van der Waals surface area contributed by atoms with E-state index in [0.29, 0.717) is 11.3 Å². The minimum absolute atomic E-state index is 0.255. The van der Waals surface area contributed by atoms with Crippen LogP contribution in [0.3, 0.4) is 0 Å². The molecule has 4 aromatic rings. The molecular formula is C30H32N2O3. The molecule has 0 atom stereocenters. The molecule has 0 aliphatic heterocycles. The van der Waals surface area contributed by atoms with Crippen LogP contribution in [-0.4, -0.2) is 15.6 Å². The van der Waals surface area contributed by atoms with E-state index in [4.69, 9.17) is 10.5 Å². The highest BCUT2D eigenvalue weighted by Crippen LogP contribution is 2.36. The molecule has 3 N–H and O–H groups in total. The number of carbonyl (C=O) groups excluding carboxylic acids is 1. The first-order valence-corrected chi connectivity index (χ1v) is 12.1. The minimum atomic E-state index is -0.423. The fourth-order valence-electron chi connectivity index (χ4n) is 4.56. The molecular weight excluding hydrogens is 436 g/mol. The lowest BCUT2D eigenvalue weighted by Crippen LogP contribution is -2.14. The van der Waals surface area contributed by atoms with E-state index in [2.05, 4.69) is 11.5 Å². The number of para-hydroxylation sites is 1. The summed E-state index contributed by atoms with van der Waals surface area (Å²) in [5, 5.41) is 9.60. The highest BCUT2D eigenvalue weighted by Gasteiger charge is 2.24. The number of ether oxygens (including phenoxy) is 1. The van der Waals surface area contributed by atoms with Gasteiger partial charge in [0.25, 0.3) is 5.91 Å². The standard InChI is InChI=1S/C30H32N2O3/c1-3-4-13-27-29(23-9-8-12-26(20-23)35-25-10-6-5-7-11-25)28(30(31)34)21(2)32(27)19-18-22-14-16-24(33)17-15-22/h5-12,14-17,20,33H,3-4,13,18-19H2,1-2H3,(H2,31,34). The first-order valence-electron chi connectivity index (χ1n) is 12.1. The van der Waals surface area contributed by atoms with Crippen LogP contribution in [0.1, 0.15) is 47.1 Å². The number of unbranched alkanes of at least 4 members (excludes halogenated alkanes) is 1. The average Bonchev–Trinajstić information content (AvgIpc) is 3.14. The van der Waals surface area contributed by atoms with Gasteiger partial charge < -0.3 is 20.1 Å². The molecule has 0 aliphatic carbocycles. The Morgan fingerprint density at radius 3 is 2.34 bits per heavy atom. The second-order valence-corrected chi connectivity index (χ2v) is 8.76. The third-order valence-electron chi connectivity index (χ3n) is 6.31. The van der Waals surface area contributed by atoms with Crippen LogP contribution in [0.4, 0.5) is 0 Å². The SMILES string of the molecule is CCCCc1c(-c2cccc(Oc3ccccc3)c2)c(C(N)=O)c(C)n1CCc1ccc(O)cc1. The number of aromatic hydroxyl groups is 1.